The molecule has 0 aromatic rings. The van der Waals surface area contributed by atoms with E-state index in [0.29, 0.717) is 63.4 Å². The van der Waals surface area contributed by atoms with Crippen molar-refractivity contribution in [1.82, 2.24) is 4.90 Å². The Morgan fingerprint density at radius 1 is 0.816 bits per heavy atom. The van der Waals surface area contributed by atoms with E-state index in [2.05, 4.69) is 0 Å². The Hall–Kier alpha value is -2.93. The summed E-state index contributed by atoms with van der Waals surface area (Å²) in [5.74, 6) is -9.21. The van der Waals surface area contributed by atoms with E-state index in [4.69, 9.17) is 37.9 Å². The molecule has 3 fully saturated rings. The second-order valence-electron chi connectivity index (χ2n) is 21.4. The number of piperidine rings is 1. The zero-order valence-corrected chi connectivity index (χ0v) is 50.7. The molecule has 15 atom stereocenters. The van der Waals surface area contributed by atoms with E-state index in [9.17, 15) is 38.7 Å². The van der Waals surface area contributed by atoms with Crippen LogP contribution in [0.5, 0.6) is 0 Å². The number of amides is 1. The van der Waals surface area contributed by atoms with Gasteiger partial charge in [0, 0.05) is 58.5 Å². The summed E-state index contributed by atoms with van der Waals surface area (Å²) in [7, 11) is 4.59. The van der Waals surface area contributed by atoms with E-state index in [-0.39, 0.29) is 89.0 Å². The van der Waals surface area contributed by atoms with Crippen LogP contribution in [0.4, 0.5) is 0 Å². The summed E-state index contributed by atoms with van der Waals surface area (Å²) in [6, 6.07) is -1.18. The second kappa shape index (κ2) is 32.4. The van der Waals surface area contributed by atoms with Gasteiger partial charge in [0.1, 0.15) is 24.5 Å². The largest absolute Gasteiger partial charge is 0.463 e. The van der Waals surface area contributed by atoms with Gasteiger partial charge in [-0.2, -0.15) is 0 Å². The molecule has 3 aliphatic heterocycles. The molecular weight excluding hydrogens is 1210 g/mol. The van der Waals surface area contributed by atoms with E-state index in [0.717, 1.165) is 12.0 Å². The Kier molecular flexibility index (Phi) is 27.9. The number of rotatable bonds is 13. The summed E-state index contributed by atoms with van der Waals surface area (Å²) in [6.45, 7) is 13.1. The number of carbonyl (C=O) groups excluding carboxylic acids is 7. The van der Waals surface area contributed by atoms with Gasteiger partial charge in [-0.1, -0.05) is 116 Å². The van der Waals surface area contributed by atoms with Crippen LogP contribution in [0, 0.1) is 35.5 Å². The third-order valence-electron chi connectivity index (χ3n) is 15.6. The van der Waals surface area contributed by atoms with Gasteiger partial charge >= 0.3 is 17.9 Å². The summed E-state index contributed by atoms with van der Waals surface area (Å²) in [5, 5.41) is 12.1. The maximum atomic E-state index is 14.6. The number of aliphatic hydroxyl groups is 1. The van der Waals surface area contributed by atoms with Crippen molar-refractivity contribution in [2.45, 2.75) is 180 Å². The summed E-state index contributed by atoms with van der Waals surface area (Å²) >= 11 is 3.84. The van der Waals surface area contributed by atoms with Crippen molar-refractivity contribution in [2.24, 2.45) is 35.5 Å². The number of Topliss-reactive ketones (excluding diaryl/α,β-unsaturated/α-hetero) is 3. The lowest BCUT2D eigenvalue weighted by Crippen LogP contribution is -2.61. The number of fused-ring (bicyclic) bond motifs is 3. The molecule has 4 rings (SSSR count). The highest BCUT2D eigenvalue weighted by molar-refractivity contribution is 14.1. The summed E-state index contributed by atoms with van der Waals surface area (Å²) in [5.41, 5.74) is 1.30. The fourth-order valence-electron chi connectivity index (χ4n) is 11.0. The molecule has 428 valence electrons. The molecule has 1 amide bonds. The first-order chi connectivity index (χ1) is 36.1. The predicted molar refractivity (Wildman–Crippen MR) is 301 cm³/mol. The van der Waals surface area contributed by atoms with Crippen molar-refractivity contribution in [2.75, 3.05) is 49.9 Å². The molecule has 2 saturated heterocycles. The minimum atomic E-state index is -2.46. The van der Waals surface area contributed by atoms with Crippen LogP contribution in [0.15, 0.2) is 47.6 Å². The smallest absolute Gasteiger partial charge is 0.329 e. The van der Waals surface area contributed by atoms with Crippen LogP contribution in [-0.4, -0.2) is 156 Å². The van der Waals surface area contributed by atoms with Gasteiger partial charge in [0.05, 0.1) is 39.9 Å². The third kappa shape index (κ3) is 18.8. The molecule has 2 bridgehead atoms. The van der Waals surface area contributed by atoms with Crippen molar-refractivity contribution < 1.29 is 76.6 Å². The van der Waals surface area contributed by atoms with Crippen LogP contribution < -0.4 is 0 Å². The molecule has 4 aliphatic rings. The lowest BCUT2D eigenvalue weighted by atomic mass is 9.78. The molecule has 0 aromatic carbocycles. The number of cyclic esters (lactones) is 1. The minimum Gasteiger partial charge on any atom is -0.463 e. The van der Waals surface area contributed by atoms with Gasteiger partial charge in [0.2, 0.25) is 5.79 Å². The Labute approximate surface area is 478 Å². The van der Waals surface area contributed by atoms with Gasteiger partial charge in [0.25, 0.3) is 11.7 Å². The first kappa shape index (κ1) is 65.6. The number of alkyl halides is 2. The van der Waals surface area contributed by atoms with Crippen LogP contribution >= 0.6 is 45.2 Å². The van der Waals surface area contributed by atoms with Gasteiger partial charge in [-0.25, -0.2) is 4.79 Å². The van der Waals surface area contributed by atoms with Gasteiger partial charge in [-0.15, -0.1) is 0 Å². The predicted octanol–water partition coefficient (Wildman–Crippen LogP) is 8.17. The summed E-state index contributed by atoms with van der Waals surface area (Å²) in [4.78, 5) is 97.9. The topological polar surface area (TPSA) is 217 Å². The number of ether oxygens (including phenoxy) is 8. The molecule has 3 heterocycles. The minimum absolute atomic E-state index is 0.0134. The summed E-state index contributed by atoms with van der Waals surface area (Å²) in [6.07, 6.45) is 11.6. The number of carbonyl (C=O) groups is 7. The average Bonchev–Trinajstić information content (AvgIpc) is 3.40. The number of allylic oxidation sites excluding steroid dienone is 6. The molecule has 19 heteroatoms. The van der Waals surface area contributed by atoms with Crippen molar-refractivity contribution >= 4 is 86.3 Å². The maximum Gasteiger partial charge on any atom is 0.329 e. The Balaban J connectivity index is 1.73. The highest BCUT2D eigenvalue weighted by Gasteiger charge is 2.53. The zero-order chi connectivity index (χ0) is 56.3. The molecule has 17 nitrogen and oxygen atoms in total. The van der Waals surface area contributed by atoms with Crippen LogP contribution in [0.1, 0.15) is 126 Å². The van der Waals surface area contributed by atoms with Crippen LogP contribution in [0.3, 0.4) is 0 Å². The number of hydrogen-bond donors (Lipinski definition) is 1. The van der Waals surface area contributed by atoms with Crippen molar-refractivity contribution in [1.29, 1.82) is 0 Å². The van der Waals surface area contributed by atoms with Crippen LogP contribution in [0.25, 0.3) is 0 Å². The van der Waals surface area contributed by atoms with Crippen molar-refractivity contribution in [3.05, 3.63) is 47.6 Å². The fraction of sp³-hybridized carbons (Fsp3) is 0.737. The first-order valence-electron chi connectivity index (χ1n) is 27.0. The molecule has 0 spiro atoms. The maximum absolute atomic E-state index is 14.6. The van der Waals surface area contributed by atoms with Crippen molar-refractivity contribution in [3.8, 4) is 0 Å². The average molecular weight is 1290 g/mol. The Morgan fingerprint density at radius 3 is 2.21 bits per heavy atom. The number of esters is 3. The van der Waals surface area contributed by atoms with Crippen molar-refractivity contribution in [3.63, 3.8) is 0 Å². The zero-order valence-electron chi connectivity index (χ0n) is 46.3. The molecule has 0 unspecified atom stereocenters. The van der Waals surface area contributed by atoms with Gasteiger partial charge in [-0.3, -0.25) is 28.8 Å². The monoisotopic (exact) mass is 1290 g/mol. The quantitative estimate of drug-likeness (QED) is 0.0350. The highest BCUT2D eigenvalue weighted by atomic mass is 127. The molecule has 1 aliphatic carbocycles. The lowest BCUT2D eigenvalue weighted by molar-refractivity contribution is -0.265. The SMILES string of the molecule is CO[C@H]1C[C@@H]2CC[C@@H](C)[C@@](O)(O2)C(=O)C(=O)N2CCCC[C@H]2C(=O)O[C@H]([C@H](C)C[C@@H]2CC[C@@H](OCCOC(=O)CI)[C@H](OC)C2)CC(=O)[C@H](C)/C=C(\C)[C@@H](OC(=O)CI)[C@@H](OC)C(=O)[C@H](C)C[C@H](C)/C=C/C=C/C=C/1C. The number of methoxy groups -OCH3 is 3. The first-order valence-corrected chi connectivity index (χ1v) is 30.1. The number of nitrogens with zero attached hydrogens (tertiary/aromatic N) is 1. The normalized spacial score (nSPS) is 36.1. The van der Waals surface area contributed by atoms with E-state index in [1.165, 1.54) is 12.0 Å². The third-order valence-corrected chi connectivity index (χ3v) is 16.8. The Morgan fingerprint density at radius 2 is 1.54 bits per heavy atom. The second-order valence-corrected chi connectivity index (χ2v) is 22.9. The molecule has 1 saturated carbocycles. The van der Waals surface area contributed by atoms with E-state index in [1.54, 1.807) is 41.1 Å². The van der Waals surface area contributed by atoms with Crippen LogP contribution in [-0.2, 0) is 71.5 Å². The molecule has 0 radical (unpaired) electrons. The lowest BCUT2D eigenvalue weighted by Gasteiger charge is -2.42. The molecule has 1 N–H and O–H groups in total. The number of ketones is 3. The van der Waals surface area contributed by atoms with E-state index < -0.39 is 83.7 Å². The van der Waals surface area contributed by atoms with Gasteiger partial charge in [0.15, 0.2) is 18.0 Å². The highest BCUT2D eigenvalue weighted by Crippen LogP contribution is 2.38. The van der Waals surface area contributed by atoms with Gasteiger partial charge < -0.3 is 47.9 Å². The summed E-state index contributed by atoms with van der Waals surface area (Å²) < 4.78 is 47.6. The number of halogens is 2. The Bertz CT molecular complexity index is 2090. The van der Waals surface area contributed by atoms with E-state index in [1.807, 2.05) is 103 Å². The molecule has 0 aromatic heterocycles. The van der Waals surface area contributed by atoms with Crippen LogP contribution in [0.2, 0.25) is 0 Å². The molecular formula is C57H85I2NO16. The standard InChI is InChI=1S/C57H85I2NO16/c1-34-16-12-11-13-17-35(2)46(69-8)30-42-21-19-40(7)57(68,76-42)54(65)55(66)60-23-15-14-18-43(60)56(67)74-47(37(4)28-41-20-22-45(48(29-41)70-9)72-24-25-73-49(62)32-58)31-44(61)36(3)27-39(6)52(75-50(63)33-59)53(71-10)51(64)38(5)26-34/h11-13,16-17,27,34,36-38,40-43,45-48,52-53,68H,14-15,18-26,28-33H2,1-10H3/b13-11+,16-12+,35-17+,39-27+/t34-,36-,37-,38-,40-,41+,42+,43+,45-,46+,47+,48-,52-,53+,57-/m1/s1. The fourth-order valence-corrected chi connectivity index (χ4v) is 11.4. The number of hydrogen-bond acceptors (Lipinski definition) is 16. The van der Waals surface area contributed by atoms with E-state index >= 15 is 0 Å². The molecule has 76 heavy (non-hydrogen) atoms. The van der Waals surface area contributed by atoms with Gasteiger partial charge in [-0.05, 0) is 107 Å².